The number of halogens is 1. The Morgan fingerprint density at radius 3 is 2.67 bits per heavy atom. The Balaban J connectivity index is 2.19. The Morgan fingerprint density at radius 2 is 2.00 bits per heavy atom. The number of rotatable bonds is 3. The molecule has 1 unspecified atom stereocenters. The minimum absolute atomic E-state index is 0.0132. The molecule has 1 heterocycles. The second-order valence-electron chi connectivity index (χ2n) is 4.06. The first kappa shape index (κ1) is 12.6. The molecular formula is C13H14ClN3O. The number of nitrogens with zero attached hydrogens (tertiary/aromatic N) is 2. The zero-order valence-corrected chi connectivity index (χ0v) is 10.9. The van der Waals surface area contributed by atoms with Gasteiger partial charge in [-0.2, -0.15) is 0 Å². The number of nitrogens with one attached hydrogen (secondary N) is 1. The fourth-order valence-electron chi connectivity index (χ4n) is 1.76. The molecule has 1 aromatic carbocycles. The lowest BCUT2D eigenvalue weighted by atomic mass is 10.1. The fraction of sp³-hybridized carbons (Fsp3) is 0.231. The molecule has 1 atom stereocenters. The lowest BCUT2D eigenvalue weighted by molar-refractivity contribution is 0.475. The largest absolute Gasteiger partial charge is 0.506 e. The first-order chi connectivity index (χ1) is 8.58. The highest BCUT2D eigenvalue weighted by Gasteiger charge is 2.10. The summed E-state index contributed by atoms with van der Waals surface area (Å²) in [4.78, 5) is 8.51. The SMILES string of the molecule is Cc1nccnc1C(C)Nc1ccc(O)c(Cl)c1. The number of hydrogen-bond acceptors (Lipinski definition) is 4. The lowest BCUT2D eigenvalue weighted by Crippen LogP contribution is -2.10. The third-order valence-electron chi connectivity index (χ3n) is 2.66. The quantitative estimate of drug-likeness (QED) is 0.834. The zero-order chi connectivity index (χ0) is 13.1. The molecule has 0 spiro atoms. The molecule has 0 saturated carbocycles. The first-order valence-electron chi connectivity index (χ1n) is 5.60. The van der Waals surface area contributed by atoms with Crippen molar-refractivity contribution in [2.24, 2.45) is 0 Å². The van der Waals surface area contributed by atoms with Gasteiger partial charge < -0.3 is 10.4 Å². The summed E-state index contributed by atoms with van der Waals surface area (Å²) in [5, 5.41) is 12.9. The minimum atomic E-state index is 0.0132. The first-order valence-corrected chi connectivity index (χ1v) is 5.98. The van der Waals surface area contributed by atoms with Crippen LogP contribution in [0.15, 0.2) is 30.6 Å². The van der Waals surface area contributed by atoms with Crippen LogP contribution >= 0.6 is 11.6 Å². The van der Waals surface area contributed by atoms with Gasteiger partial charge in [0.15, 0.2) is 0 Å². The molecule has 5 heteroatoms. The van der Waals surface area contributed by atoms with Gasteiger partial charge in [0, 0.05) is 18.1 Å². The number of phenols is 1. The highest BCUT2D eigenvalue weighted by atomic mass is 35.5. The van der Waals surface area contributed by atoms with Gasteiger partial charge in [-0.1, -0.05) is 11.6 Å². The predicted octanol–water partition coefficient (Wildman–Crippen LogP) is 3.32. The van der Waals surface area contributed by atoms with E-state index in [2.05, 4.69) is 15.3 Å². The van der Waals surface area contributed by atoms with Gasteiger partial charge in [0.25, 0.3) is 0 Å². The van der Waals surface area contributed by atoms with Gasteiger partial charge in [0.05, 0.1) is 22.5 Å². The van der Waals surface area contributed by atoms with Gasteiger partial charge in [0.1, 0.15) is 5.75 Å². The minimum Gasteiger partial charge on any atom is -0.506 e. The maximum Gasteiger partial charge on any atom is 0.134 e. The standard InChI is InChI=1S/C13H14ClN3O/c1-8-13(16-6-5-15-8)9(2)17-10-3-4-12(18)11(14)7-10/h3-7,9,17-18H,1-2H3. The summed E-state index contributed by atoms with van der Waals surface area (Å²) >= 11 is 5.86. The van der Waals surface area contributed by atoms with E-state index in [9.17, 15) is 5.11 Å². The monoisotopic (exact) mass is 263 g/mol. The van der Waals surface area contributed by atoms with E-state index < -0.39 is 0 Å². The molecule has 94 valence electrons. The molecule has 4 nitrogen and oxygen atoms in total. The molecule has 0 amide bonds. The average Bonchev–Trinajstić information content (AvgIpc) is 2.34. The van der Waals surface area contributed by atoms with E-state index >= 15 is 0 Å². The highest BCUT2D eigenvalue weighted by Crippen LogP contribution is 2.28. The van der Waals surface area contributed by atoms with E-state index in [-0.39, 0.29) is 11.8 Å². The van der Waals surface area contributed by atoms with Crippen LogP contribution in [0.1, 0.15) is 24.4 Å². The summed E-state index contributed by atoms with van der Waals surface area (Å²) in [5.74, 6) is 0.0746. The molecule has 0 aliphatic carbocycles. The summed E-state index contributed by atoms with van der Waals surface area (Å²) in [6, 6.07) is 5.02. The number of hydrogen-bond donors (Lipinski definition) is 2. The summed E-state index contributed by atoms with van der Waals surface area (Å²) in [6.45, 7) is 3.92. The normalized spacial score (nSPS) is 12.2. The Bertz CT molecular complexity index is 560. The number of anilines is 1. The van der Waals surface area contributed by atoms with Gasteiger partial charge in [-0.3, -0.25) is 9.97 Å². The molecule has 18 heavy (non-hydrogen) atoms. The van der Waals surface area contributed by atoms with Crippen molar-refractivity contribution in [2.75, 3.05) is 5.32 Å². The number of aryl methyl sites for hydroxylation is 1. The third-order valence-corrected chi connectivity index (χ3v) is 2.96. The van der Waals surface area contributed by atoms with Gasteiger partial charge in [-0.15, -0.1) is 0 Å². The molecule has 0 saturated heterocycles. The Morgan fingerprint density at radius 1 is 1.28 bits per heavy atom. The van der Waals surface area contributed by atoms with Crippen LogP contribution in [0.2, 0.25) is 5.02 Å². The smallest absolute Gasteiger partial charge is 0.134 e. The molecule has 0 bridgehead atoms. The van der Waals surface area contributed by atoms with Crippen molar-refractivity contribution < 1.29 is 5.11 Å². The number of aromatic nitrogens is 2. The van der Waals surface area contributed by atoms with Crippen molar-refractivity contribution in [1.29, 1.82) is 0 Å². The number of phenolic OH excluding ortho intramolecular Hbond substituents is 1. The zero-order valence-electron chi connectivity index (χ0n) is 10.2. The molecule has 0 radical (unpaired) electrons. The topological polar surface area (TPSA) is 58.0 Å². The van der Waals surface area contributed by atoms with Crippen molar-refractivity contribution in [3.63, 3.8) is 0 Å². The van der Waals surface area contributed by atoms with Gasteiger partial charge in [0.2, 0.25) is 0 Å². The lowest BCUT2D eigenvalue weighted by Gasteiger charge is -2.16. The van der Waals surface area contributed by atoms with Crippen molar-refractivity contribution in [1.82, 2.24) is 9.97 Å². The molecule has 0 aliphatic rings. The summed E-state index contributed by atoms with van der Waals surface area (Å²) in [5.41, 5.74) is 2.61. The van der Waals surface area contributed by atoms with Crippen molar-refractivity contribution >= 4 is 17.3 Å². The van der Waals surface area contributed by atoms with Crippen LogP contribution in [0.5, 0.6) is 5.75 Å². The van der Waals surface area contributed by atoms with Crippen LogP contribution in [0.25, 0.3) is 0 Å². The Kier molecular flexibility index (Phi) is 3.67. The highest BCUT2D eigenvalue weighted by molar-refractivity contribution is 6.32. The third kappa shape index (κ3) is 2.71. The fourth-order valence-corrected chi connectivity index (χ4v) is 1.94. The molecule has 2 aromatic rings. The van der Waals surface area contributed by atoms with Crippen LogP contribution < -0.4 is 5.32 Å². The van der Waals surface area contributed by atoms with Gasteiger partial charge in [-0.25, -0.2) is 0 Å². The average molecular weight is 264 g/mol. The number of benzene rings is 1. The van der Waals surface area contributed by atoms with E-state index in [1.165, 1.54) is 0 Å². The summed E-state index contributed by atoms with van der Waals surface area (Å²) in [7, 11) is 0. The van der Waals surface area contributed by atoms with E-state index in [1.54, 1.807) is 30.6 Å². The van der Waals surface area contributed by atoms with Gasteiger partial charge >= 0.3 is 0 Å². The van der Waals surface area contributed by atoms with Crippen LogP contribution in [0, 0.1) is 6.92 Å². The van der Waals surface area contributed by atoms with E-state index in [0.29, 0.717) is 5.02 Å². The molecule has 0 fully saturated rings. The van der Waals surface area contributed by atoms with E-state index in [0.717, 1.165) is 17.1 Å². The van der Waals surface area contributed by atoms with Crippen LogP contribution in [-0.4, -0.2) is 15.1 Å². The van der Waals surface area contributed by atoms with Crippen molar-refractivity contribution in [2.45, 2.75) is 19.9 Å². The molecule has 0 aliphatic heterocycles. The Labute approximate surface area is 111 Å². The predicted molar refractivity (Wildman–Crippen MR) is 71.9 cm³/mol. The number of aromatic hydroxyl groups is 1. The maximum absolute atomic E-state index is 9.36. The van der Waals surface area contributed by atoms with Crippen LogP contribution in [0.4, 0.5) is 5.69 Å². The second kappa shape index (κ2) is 5.23. The second-order valence-corrected chi connectivity index (χ2v) is 4.47. The maximum atomic E-state index is 9.36. The Hall–Kier alpha value is -1.81. The molecule has 2 rings (SSSR count). The van der Waals surface area contributed by atoms with Crippen molar-refractivity contribution in [3.8, 4) is 5.75 Å². The van der Waals surface area contributed by atoms with Crippen molar-refractivity contribution in [3.05, 3.63) is 47.0 Å². The van der Waals surface area contributed by atoms with Gasteiger partial charge in [-0.05, 0) is 32.0 Å². The van der Waals surface area contributed by atoms with Crippen LogP contribution in [0.3, 0.4) is 0 Å². The summed E-state index contributed by atoms with van der Waals surface area (Å²) < 4.78 is 0. The van der Waals surface area contributed by atoms with E-state index in [1.807, 2.05) is 13.8 Å². The molecule has 1 aromatic heterocycles. The molecular weight excluding hydrogens is 250 g/mol. The summed E-state index contributed by atoms with van der Waals surface area (Å²) in [6.07, 6.45) is 3.34. The molecule has 2 N–H and O–H groups in total. The van der Waals surface area contributed by atoms with E-state index in [4.69, 9.17) is 11.6 Å². The van der Waals surface area contributed by atoms with Crippen LogP contribution in [-0.2, 0) is 0 Å².